The summed E-state index contributed by atoms with van der Waals surface area (Å²) in [5.41, 5.74) is 0. The molecule has 0 radical (unpaired) electrons. The number of hydrogen-bond donors (Lipinski definition) is 0. The van der Waals surface area contributed by atoms with Gasteiger partial charge in [-0.25, -0.2) is 4.98 Å². The summed E-state index contributed by atoms with van der Waals surface area (Å²) in [6.07, 6.45) is 1.41. The summed E-state index contributed by atoms with van der Waals surface area (Å²) >= 11 is 17.5. The van der Waals surface area contributed by atoms with Crippen LogP contribution in [0.3, 0.4) is 0 Å². The van der Waals surface area contributed by atoms with Crippen LogP contribution in [0.5, 0.6) is 0 Å². The number of thiazole rings is 1. The molecule has 0 aliphatic heterocycles. The van der Waals surface area contributed by atoms with Crippen LogP contribution >= 0.6 is 46.1 Å². The molecule has 0 aliphatic rings. The number of ketones is 1. The Kier molecular flexibility index (Phi) is 3.63. The Labute approximate surface area is 101 Å². The van der Waals surface area contributed by atoms with Crippen molar-refractivity contribution in [2.75, 3.05) is 19.0 Å². The summed E-state index contributed by atoms with van der Waals surface area (Å²) in [4.78, 5) is 17.6. The van der Waals surface area contributed by atoms with Gasteiger partial charge >= 0.3 is 0 Å². The molecule has 1 rings (SSSR count). The monoisotopic (exact) mass is 272 g/mol. The standard InChI is InChI=1S/C7H7Cl3N2OS/c1-12(2)6-11-3-4(14-6)5(13)7(8,9)10/h3H,1-2H3. The fourth-order valence-corrected chi connectivity index (χ4v) is 2.03. The molecule has 0 aromatic carbocycles. The lowest BCUT2D eigenvalue weighted by Gasteiger charge is -2.07. The summed E-state index contributed by atoms with van der Waals surface area (Å²) in [6.45, 7) is 0. The Morgan fingerprint density at radius 2 is 2.07 bits per heavy atom. The highest BCUT2D eigenvalue weighted by Gasteiger charge is 2.33. The quantitative estimate of drug-likeness (QED) is 0.614. The van der Waals surface area contributed by atoms with Crippen molar-refractivity contribution in [1.82, 2.24) is 4.98 Å². The average Bonchev–Trinajstić information content (AvgIpc) is 2.48. The molecule has 0 saturated carbocycles. The predicted molar refractivity (Wildman–Crippen MR) is 61.1 cm³/mol. The highest BCUT2D eigenvalue weighted by Crippen LogP contribution is 2.33. The summed E-state index contributed by atoms with van der Waals surface area (Å²) in [7, 11) is 3.64. The van der Waals surface area contributed by atoms with E-state index in [2.05, 4.69) is 4.98 Å². The molecular weight excluding hydrogens is 267 g/mol. The first-order chi connectivity index (χ1) is 6.32. The van der Waals surface area contributed by atoms with Crippen molar-refractivity contribution >= 4 is 57.1 Å². The van der Waals surface area contributed by atoms with E-state index in [9.17, 15) is 4.79 Å². The topological polar surface area (TPSA) is 33.2 Å². The van der Waals surface area contributed by atoms with Gasteiger partial charge < -0.3 is 4.90 Å². The first kappa shape index (κ1) is 12.0. The molecule has 0 aliphatic carbocycles. The fourth-order valence-electron chi connectivity index (χ4n) is 0.716. The normalized spacial score (nSPS) is 11.5. The lowest BCUT2D eigenvalue weighted by Crippen LogP contribution is -2.17. The van der Waals surface area contributed by atoms with E-state index in [1.807, 2.05) is 14.1 Å². The molecule has 14 heavy (non-hydrogen) atoms. The zero-order valence-electron chi connectivity index (χ0n) is 7.42. The molecule has 0 unspecified atom stereocenters. The molecule has 3 nitrogen and oxygen atoms in total. The second-order valence-corrected chi connectivity index (χ2v) is 6.02. The third-order valence-corrected chi connectivity index (χ3v) is 3.04. The number of rotatable bonds is 2. The van der Waals surface area contributed by atoms with E-state index in [-0.39, 0.29) is 0 Å². The van der Waals surface area contributed by atoms with E-state index in [0.717, 1.165) is 0 Å². The van der Waals surface area contributed by atoms with E-state index in [1.165, 1.54) is 17.5 Å². The van der Waals surface area contributed by atoms with Gasteiger partial charge in [0.1, 0.15) is 0 Å². The Morgan fingerprint density at radius 3 is 2.43 bits per heavy atom. The van der Waals surface area contributed by atoms with Gasteiger partial charge in [-0.05, 0) is 0 Å². The number of anilines is 1. The van der Waals surface area contributed by atoms with Crippen molar-refractivity contribution in [3.05, 3.63) is 11.1 Å². The van der Waals surface area contributed by atoms with Gasteiger partial charge in [-0.2, -0.15) is 0 Å². The fraction of sp³-hybridized carbons (Fsp3) is 0.429. The van der Waals surface area contributed by atoms with Gasteiger partial charge in [-0.15, -0.1) is 0 Å². The number of carbonyl (C=O) groups is 1. The van der Waals surface area contributed by atoms with Crippen molar-refractivity contribution in [2.45, 2.75) is 3.79 Å². The van der Waals surface area contributed by atoms with Crippen molar-refractivity contribution in [3.8, 4) is 0 Å². The Balaban J connectivity index is 2.93. The zero-order valence-corrected chi connectivity index (χ0v) is 10.5. The van der Waals surface area contributed by atoms with E-state index in [1.54, 1.807) is 4.90 Å². The molecule has 0 spiro atoms. The maximum Gasteiger partial charge on any atom is 0.254 e. The van der Waals surface area contributed by atoms with Crippen molar-refractivity contribution < 1.29 is 4.79 Å². The number of nitrogens with zero attached hydrogens (tertiary/aromatic N) is 2. The number of halogens is 3. The SMILES string of the molecule is CN(C)c1ncc(C(=O)C(Cl)(Cl)Cl)s1. The zero-order chi connectivity index (χ0) is 10.9. The Hall–Kier alpha value is -0.0300. The third kappa shape index (κ3) is 2.73. The summed E-state index contributed by atoms with van der Waals surface area (Å²) in [5, 5.41) is 0.697. The smallest absolute Gasteiger partial charge is 0.254 e. The van der Waals surface area contributed by atoms with Crippen molar-refractivity contribution in [2.24, 2.45) is 0 Å². The number of Topliss-reactive ketones (excluding diaryl/α,β-unsaturated/α-hetero) is 1. The molecule has 0 atom stereocenters. The number of hydrogen-bond acceptors (Lipinski definition) is 4. The second kappa shape index (κ2) is 4.23. The van der Waals surface area contributed by atoms with Crippen LogP contribution in [0, 0.1) is 0 Å². The van der Waals surface area contributed by atoms with E-state index in [0.29, 0.717) is 10.0 Å². The van der Waals surface area contributed by atoms with Gasteiger partial charge in [0.25, 0.3) is 3.79 Å². The number of aromatic nitrogens is 1. The Morgan fingerprint density at radius 1 is 1.50 bits per heavy atom. The summed E-state index contributed by atoms with van der Waals surface area (Å²) in [5.74, 6) is -0.548. The van der Waals surface area contributed by atoms with E-state index >= 15 is 0 Å². The first-order valence-corrected chi connectivity index (χ1v) is 5.52. The van der Waals surface area contributed by atoms with E-state index < -0.39 is 9.58 Å². The Bertz CT molecular complexity index is 345. The van der Waals surface area contributed by atoms with Gasteiger partial charge in [-0.1, -0.05) is 46.1 Å². The van der Waals surface area contributed by atoms with Gasteiger partial charge in [0.05, 0.1) is 11.1 Å². The molecule has 0 saturated heterocycles. The number of alkyl halides is 3. The molecule has 1 aromatic rings. The molecule has 0 N–H and O–H groups in total. The second-order valence-electron chi connectivity index (χ2n) is 2.73. The van der Waals surface area contributed by atoms with Crippen LogP contribution in [-0.2, 0) is 0 Å². The molecule has 7 heteroatoms. The van der Waals surface area contributed by atoms with Crippen LogP contribution in [0.1, 0.15) is 9.67 Å². The van der Waals surface area contributed by atoms with Gasteiger partial charge in [0, 0.05) is 14.1 Å². The van der Waals surface area contributed by atoms with Gasteiger partial charge in [0.2, 0.25) is 5.78 Å². The van der Waals surface area contributed by atoms with Crippen LogP contribution in [0.25, 0.3) is 0 Å². The van der Waals surface area contributed by atoms with Gasteiger partial charge in [-0.3, -0.25) is 4.79 Å². The summed E-state index contributed by atoms with van der Waals surface area (Å²) < 4.78 is -1.91. The highest BCUT2D eigenvalue weighted by molar-refractivity contribution is 7.18. The number of carbonyl (C=O) groups excluding carboxylic acids is 1. The molecule has 1 heterocycles. The minimum Gasteiger partial charge on any atom is -0.354 e. The van der Waals surface area contributed by atoms with Crippen LogP contribution in [0.15, 0.2) is 6.20 Å². The molecule has 0 amide bonds. The van der Waals surface area contributed by atoms with Crippen LogP contribution < -0.4 is 4.90 Å². The first-order valence-electron chi connectivity index (χ1n) is 3.57. The minimum atomic E-state index is -1.91. The highest BCUT2D eigenvalue weighted by atomic mass is 35.6. The largest absolute Gasteiger partial charge is 0.354 e. The van der Waals surface area contributed by atoms with Crippen molar-refractivity contribution in [1.29, 1.82) is 0 Å². The average molecular weight is 274 g/mol. The molecule has 0 fully saturated rings. The molecule has 1 aromatic heterocycles. The van der Waals surface area contributed by atoms with Crippen molar-refractivity contribution in [3.63, 3.8) is 0 Å². The van der Waals surface area contributed by atoms with E-state index in [4.69, 9.17) is 34.8 Å². The maximum absolute atomic E-state index is 11.5. The predicted octanol–water partition coefficient (Wildman–Crippen LogP) is 2.76. The minimum absolute atomic E-state index is 0.341. The third-order valence-electron chi connectivity index (χ3n) is 1.36. The van der Waals surface area contributed by atoms with Crippen LogP contribution in [-0.4, -0.2) is 28.7 Å². The van der Waals surface area contributed by atoms with Gasteiger partial charge in [0.15, 0.2) is 5.13 Å². The molecule has 0 bridgehead atoms. The molecule has 78 valence electrons. The van der Waals surface area contributed by atoms with Crippen LogP contribution in [0.2, 0.25) is 0 Å². The van der Waals surface area contributed by atoms with Crippen LogP contribution in [0.4, 0.5) is 5.13 Å². The summed E-state index contributed by atoms with van der Waals surface area (Å²) in [6, 6.07) is 0. The lowest BCUT2D eigenvalue weighted by atomic mass is 10.4. The molecular formula is C7H7Cl3N2OS. The maximum atomic E-state index is 11.5. The lowest BCUT2D eigenvalue weighted by molar-refractivity contribution is 0.1000.